The van der Waals surface area contributed by atoms with Crippen molar-refractivity contribution < 1.29 is 18.4 Å². The van der Waals surface area contributed by atoms with Gasteiger partial charge in [-0.3, -0.25) is 9.59 Å². The van der Waals surface area contributed by atoms with Crippen molar-refractivity contribution >= 4 is 11.8 Å². The summed E-state index contributed by atoms with van der Waals surface area (Å²) in [5.41, 5.74) is 0.0830. The van der Waals surface area contributed by atoms with Gasteiger partial charge < -0.3 is 10.2 Å². The standard InChI is InChI=1S/C22H26F2N2O2/c23-17-8-7-13(10-18(17)24)16-11-26(12-22(16)9-3-6-19(27)25-22)21(28)20-14-4-1-2-5-15(14)20/h7-8,10,14-16,20H,1-6,9,11-12H2,(H,25,27)/t14?,15?,16-,20?,22+/m0/s1. The fraction of sp³-hybridized carbons (Fsp3) is 0.636. The number of halogens is 2. The van der Waals surface area contributed by atoms with E-state index in [0.717, 1.165) is 31.7 Å². The van der Waals surface area contributed by atoms with Gasteiger partial charge in [0.2, 0.25) is 11.8 Å². The van der Waals surface area contributed by atoms with Crippen molar-refractivity contribution in [3.05, 3.63) is 35.4 Å². The molecule has 1 N–H and O–H groups in total. The second-order valence-electron chi connectivity index (χ2n) is 9.14. The molecule has 1 aromatic rings. The zero-order valence-electron chi connectivity index (χ0n) is 15.9. The van der Waals surface area contributed by atoms with Crippen LogP contribution in [0.4, 0.5) is 8.78 Å². The third-order valence-corrected chi connectivity index (χ3v) is 7.56. The summed E-state index contributed by atoms with van der Waals surface area (Å²) in [7, 11) is 0. The summed E-state index contributed by atoms with van der Waals surface area (Å²) in [6.07, 6.45) is 6.69. The average Bonchev–Trinajstić information content (AvgIpc) is 3.31. The Morgan fingerprint density at radius 1 is 1.11 bits per heavy atom. The molecule has 2 heterocycles. The van der Waals surface area contributed by atoms with Crippen LogP contribution in [0.15, 0.2) is 18.2 Å². The maximum Gasteiger partial charge on any atom is 0.226 e. The molecule has 0 aromatic heterocycles. The number of nitrogens with one attached hydrogen (secondary N) is 1. The second kappa shape index (κ2) is 6.53. The number of amides is 2. The molecule has 4 atom stereocenters. The Kier molecular flexibility index (Phi) is 4.21. The van der Waals surface area contributed by atoms with E-state index in [0.29, 0.717) is 36.9 Å². The van der Waals surface area contributed by atoms with Crippen LogP contribution in [0.2, 0.25) is 0 Å². The van der Waals surface area contributed by atoms with Crippen LogP contribution in [-0.2, 0) is 9.59 Å². The summed E-state index contributed by atoms with van der Waals surface area (Å²) in [6.45, 7) is 0.928. The predicted octanol–water partition coefficient (Wildman–Crippen LogP) is 3.37. The molecule has 28 heavy (non-hydrogen) atoms. The van der Waals surface area contributed by atoms with Gasteiger partial charge in [0.1, 0.15) is 0 Å². The molecular formula is C22H26F2N2O2. The molecule has 2 unspecified atom stereocenters. The van der Waals surface area contributed by atoms with Crippen LogP contribution >= 0.6 is 0 Å². The van der Waals surface area contributed by atoms with Gasteiger partial charge in [-0.25, -0.2) is 8.78 Å². The van der Waals surface area contributed by atoms with E-state index < -0.39 is 17.2 Å². The third kappa shape index (κ3) is 2.83. The first-order chi connectivity index (χ1) is 13.5. The number of hydrogen-bond acceptors (Lipinski definition) is 2. The second-order valence-corrected chi connectivity index (χ2v) is 9.14. The molecule has 2 amide bonds. The van der Waals surface area contributed by atoms with Crippen molar-refractivity contribution in [1.82, 2.24) is 10.2 Å². The number of carbonyl (C=O) groups is 2. The molecule has 1 spiro atoms. The normalized spacial score (nSPS) is 36.9. The van der Waals surface area contributed by atoms with Crippen molar-refractivity contribution in [1.29, 1.82) is 0 Å². The van der Waals surface area contributed by atoms with Crippen LogP contribution in [0.3, 0.4) is 0 Å². The van der Waals surface area contributed by atoms with Crippen LogP contribution in [0.1, 0.15) is 56.4 Å². The highest BCUT2D eigenvalue weighted by atomic mass is 19.2. The van der Waals surface area contributed by atoms with Gasteiger partial charge in [0.15, 0.2) is 11.6 Å². The third-order valence-electron chi connectivity index (χ3n) is 7.56. The lowest BCUT2D eigenvalue weighted by Crippen LogP contribution is -2.56. The summed E-state index contributed by atoms with van der Waals surface area (Å²) in [5.74, 6) is -0.610. The number of carbonyl (C=O) groups excluding carboxylic acids is 2. The minimum Gasteiger partial charge on any atom is -0.348 e. The van der Waals surface area contributed by atoms with E-state index in [-0.39, 0.29) is 23.7 Å². The Labute approximate surface area is 163 Å². The Morgan fingerprint density at radius 2 is 1.86 bits per heavy atom. The maximum absolute atomic E-state index is 13.9. The molecule has 2 saturated carbocycles. The van der Waals surface area contributed by atoms with Crippen LogP contribution in [0.25, 0.3) is 0 Å². The average molecular weight is 388 g/mol. The van der Waals surface area contributed by atoms with E-state index in [4.69, 9.17) is 0 Å². The predicted molar refractivity (Wildman–Crippen MR) is 99.3 cm³/mol. The van der Waals surface area contributed by atoms with Gasteiger partial charge in [-0.1, -0.05) is 18.9 Å². The molecule has 2 saturated heterocycles. The first kappa shape index (κ1) is 18.1. The number of benzene rings is 1. The zero-order valence-corrected chi connectivity index (χ0v) is 15.9. The van der Waals surface area contributed by atoms with Crippen molar-refractivity contribution in [2.75, 3.05) is 13.1 Å². The zero-order chi connectivity index (χ0) is 19.5. The molecule has 4 aliphatic rings. The molecule has 0 radical (unpaired) electrons. The van der Waals surface area contributed by atoms with Crippen LogP contribution in [0.5, 0.6) is 0 Å². The molecule has 4 fully saturated rings. The summed E-state index contributed by atoms with van der Waals surface area (Å²) < 4.78 is 27.4. The van der Waals surface area contributed by atoms with Gasteiger partial charge in [-0.15, -0.1) is 0 Å². The van der Waals surface area contributed by atoms with Gasteiger partial charge >= 0.3 is 0 Å². The molecule has 6 heteroatoms. The van der Waals surface area contributed by atoms with Gasteiger partial charge in [0.05, 0.1) is 5.54 Å². The number of hydrogen-bond donors (Lipinski definition) is 1. The van der Waals surface area contributed by atoms with Crippen LogP contribution in [0, 0.1) is 29.4 Å². The number of likely N-dealkylation sites (tertiary alicyclic amines) is 1. The van der Waals surface area contributed by atoms with Gasteiger partial charge in [-0.05, 0) is 55.2 Å². The van der Waals surface area contributed by atoms with E-state index in [2.05, 4.69) is 5.32 Å². The van der Waals surface area contributed by atoms with E-state index >= 15 is 0 Å². The molecular weight excluding hydrogens is 362 g/mol. The first-order valence-electron chi connectivity index (χ1n) is 10.5. The maximum atomic E-state index is 13.9. The summed E-state index contributed by atoms with van der Waals surface area (Å²) in [4.78, 5) is 27.3. The molecule has 2 aliphatic carbocycles. The fourth-order valence-electron chi connectivity index (χ4n) is 6.15. The number of nitrogens with zero attached hydrogens (tertiary/aromatic N) is 1. The Morgan fingerprint density at radius 3 is 2.54 bits per heavy atom. The van der Waals surface area contributed by atoms with Crippen molar-refractivity contribution in [2.45, 2.75) is 56.4 Å². The number of fused-ring (bicyclic) bond motifs is 1. The van der Waals surface area contributed by atoms with Gasteiger partial charge in [-0.2, -0.15) is 0 Å². The minimum atomic E-state index is -0.882. The lowest BCUT2D eigenvalue weighted by Gasteiger charge is -2.39. The molecule has 4 nitrogen and oxygen atoms in total. The minimum absolute atomic E-state index is 0.0202. The molecule has 1 aromatic carbocycles. The summed E-state index contributed by atoms with van der Waals surface area (Å²) in [6, 6.07) is 3.97. The monoisotopic (exact) mass is 388 g/mol. The fourth-order valence-corrected chi connectivity index (χ4v) is 6.15. The van der Waals surface area contributed by atoms with Crippen molar-refractivity contribution in [3.63, 3.8) is 0 Å². The highest BCUT2D eigenvalue weighted by molar-refractivity contribution is 5.84. The topological polar surface area (TPSA) is 49.4 Å². The van der Waals surface area contributed by atoms with Crippen LogP contribution < -0.4 is 5.32 Å². The Balaban J connectivity index is 1.43. The lowest BCUT2D eigenvalue weighted by atomic mass is 9.76. The molecule has 2 aliphatic heterocycles. The van der Waals surface area contributed by atoms with E-state index in [9.17, 15) is 18.4 Å². The molecule has 0 bridgehead atoms. The highest BCUT2D eigenvalue weighted by Crippen LogP contribution is 2.57. The summed E-state index contributed by atoms with van der Waals surface area (Å²) in [5, 5.41) is 3.13. The highest BCUT2D eigenvalue weighted by Gasteiger charge is 2.59. The largest absolute Gasteiger partial charge is 0.348 e. The van der Waals surface area contributed by atoms with E-state index in [1.807, 2.05) is 4.90 Å². The van der Waals surface area contributed by atoms with Gasteiger partial charge in [0, 0.05) is 31.3 Å². The summed E-state index contributed by atoms with van der Waals surface area (Å²) >= 11 is 0. The SMILES string of the molecule is O=C1CCC[C@]2(CN(C(=O)C3C4CCCCC43)C[C@H]2c2ccc(F)c(F)c2)N1. The van der Waals surface area contributed by atoms with E-state index in [1.54, 1.807) is 6.07 Å². The lowest BCUT2D eigenvalue weighted by molar-refractivity contribution is -0.133. The van der Waals surface area contributed by atoms with Gasteiger partial charge in [0.25, 0.3) is 0 Å². The quantitative estimate of drug-likeness (QED) is 0.845. The molecule has 150 valence electrons. The Hall–Kier alpha value is -1.98. The smallest absolute Gasteiger partial charge is 0.226 e. The van der Waals surface area contributed by atoms with Crippen molar-refractivity contribution in [2.24, 2.45) is 17.8 Å². The number of rotatable bonds is 2. The van der Waals surface area contributed by atoms with Crippen molar-refractivity contribution in [3.8, 4) is 0 Å². The first-order valence-corrected chi connectivity index (χ1v) is 10.5. The Bertz CT molecular complexity index is 817. The van der Waals surface area contributed by atoms with E-state index in [1.165, 1.54) is 18.9 Å². The molecule has 5 rings (SSSR count). The number of piperidine rings is 1. The van der Waals surface area contributed by atoms with Crippen LogP contribution in [-0.4, -0.2) is 35.3 Å².